The first kappa shape index (κ1) is 46.2. The number of hydrogen-bond donors (Lipinski definition) is 0. The van der Waals surface area contributed by atoms with E-state index in [1.807, 2.05) is 0 Å². The van der Waals surface area contributed by atoms with Gasteiger partial charge in [0.25, 0.3) is 0 Å². The highest BCUT2D eigenvalue weighted by Crippen LogP contribution is 2.58. The normalized spacial score (nSPS) is 16.1. The smallest absolute Gasteiger partial charge is 0.333 e. The lowest BCUT2D eigenvalue weighted by Gasteiger charge is -2.52. The topological polar surface area (TPSA) is 9.72 Å². The molecule has 0 aromatic heterocycles. The van der Waals surface area contributed by atoms with E-state index >= 15 is 0 Å². The Morgan fingerprint density at radius 3 is 1.62 bits per heavy atom. The van der Waals surface area contributed by atoms with E-state index in [0.717, 1.165) is 17.1 Å². The first-order chi connectivity index (χ1) is 35.5. The van der Waals surface area contributed by atoms with E-state index in [1.54, 1.807) is 0 Å². The summed E-state index contributed by atoms with van der Waals surface area (Å²) in [6, 6.07) is 73.8. The molecular weight excluding hydrogens is 894 g/mol. The lowest BCUT2D eigenvalue weighted by Crippen LogP contribution is -2.62. The molecule has 9 aromatic rings. The fourth-order valence-electron chi connectivity index (χ4n) is 13.2. The van der Waals surface area contributed by atoms with Gasteiger partial charge >= 0.3 is 6.85 Å². The molecule has 0 spiro atoms. The van der Waals surface area contributed by atoms with E-state index in [9.17, 15) is 0 Å². The quantitative estimate of drug-likeness (QED) is 0.154. The largest absolute Gasteiger partial charge is 0.376 e. The number of nitrogens with zero attached hydrogens (tertiary/aromatic N) is 3. The van der Waals surface area contributed by atoms with Crippen LogP contribution in [0.3, 0.4) is 0 Å². The van der Waals surface area contributed by atoms with Crippen molar-refractivity contribution >= 4 is 63.3 Å². The summed E-state index contributed by atoms with van der Waals surface area (Å²) >= 11 is 0. The summed E-state index contributed by atoms with van der Waals surface area (Å²) in [5, 5.41) is 0. The number of fused-ring (bicyclic) bond motifs is 7. The van der Waals surface area contributed by atoms with Crippen molar-refractivity contribution in [3.8, 4) is 33.4 Å². The van der Waals surface area contributed by atoms with Crippen molar-refractivity contribution in [2.75, 3.05) is 14.6 Å². The van der Waals surface area contributed by atoms with Gasteiger partial charge in [0.15, 0.2) is 0 Å². The molecule has 4 heteroatoms. The Bertz CT molecular complexity index is 3670. The molecule has 0 bridgehead atoms. The fraction of sp³-hybridized carbons (Fsp3) is 0.229. The van der Waals surface area contributed by atoms with Gasteiger partial charge in [0.2, 0.25) is 0 Å². The molecule has 0 saturated heterocycles. The van der Waals surface area contributed by atoms with Crippen molar-refractivity contribution in [1.29, 1.82) is 0 Å². The first-order valence-corrected chi connectivity index (χ1v) is 26.9. The van der Waals surface area contributed by atoms with E-state index in [4.69, 9.17) is 0 Å². The lowest BCUT2D eigenvalue weighted by molar-refractivity contribution is 0.331. The molecule has 0 atom stereocenters. The van der Waals surface area contributed by atoms with Gasteiger partial charge in [0.05, 0.1) is 5.69 Å². The van der Waals surface area contributed by atoms with Gasteiger partial charge in [-0.1, -0.05) is 190 Å². The van der Waals surface area contributed by atoms with Gasteiger partial charge in [0, 0.05) is 50.8 Å². The molecule has 1 aliphatic carbocycles. The zero-order chi connectivity index (χ0) is 51.1. The third-order valence-electron chi connectivity index (χ3n) is 17.5. The molecule has 0 radical (unpaired) electrons. The van der Waals surface area contributed by atoms with Crippen LogP contribution in [0.4, 0.5) is 45.5 Å². The van der Waals surface area contributed by atoms with Crippen LogP contribution in [0.15, 0.2) is 194 Å². The molecule has 0 amide bonds. The number of hydrogen-bond acceptors (Lipinski definition) is 3. The van der Waals surface area contributed by atoms with Gasteiger partial charge in [-0.05, 0) is 175 Å². The van der Waals surface area contributed by atoms with E-state index in [1.165, 1.54) is 119 Å². The van der Waals surface area contributed by atoms with Crippen molar-refractivity contribution in [2.24, 2.45) is 0 Å². The highest BCUT2D eigenvalue weighted by atomic mass is 15.2. The molecule has 4 aliphatic rings. The average molecular weight is 960 g/mol. The van der Waals surface area contributed by atoms with Crippen LogP contribution in [-0.2, 0) is 21.7 Å². The predicted molar refractivity (Wildman–Crippen MR) is 317 cm³/mol. The minimum Gasteiger partial charge on any atom is -0.376 e. The van der Waals surface area contributed by atoms with Crippen LogP contribution in [-0.4, -0.2) is 6.85 Å². The van der Waals surface area contributed by atoms with Crippen molar-refractivity contribution in [3.63, 3.8) is 0 Å². The Kier molecular flexibility index (Phi) is 10.3. The molecule has 0 N–H and O–H groups in total. The molecule has 9 aromatic carbocycles. The van der Waals surface area contributed by atoms with E-state index in [-0.39, 0.29) is 28.5 Å². The highest BCUT2D eigenvalue weighted by molar-refractivity contribution is 6.93. The lowest BCUT2D eigenvalue weighted by atomic mass is 9.42. The first-order valence-electron chi connectivity index (χ1n) is 26.9. The monoisotopic (exact) mass is 960 g/mol. The maximum absolute atomic E-state index is 2.70. The summed E-state index contributed by atoms with van der Waals surface area (Å²) in [5.41, 5.74) is 28.1. The highest BCUT2D eigenvalue weighted by Gasteiger charge is 2.51. The Morgan fingerprint density at radius 1 is 0.459 bits per heavy atom. The molecule has 0 saturated carbocycles. The third-order valence-corrected chi connectivity index (χ3v) is 17.5. The zero-order valence-corrected chi connectivity index (χ0v) is 44.8. The molecule has 13 rings (SSSR count). The second-order valence-electron chi connectivity index (χ2n) is 24.6. The van der Waals surface area contributed by atoms with E-state index in [0.29, 0.717) is 0 Å². The van der Waals surface area contributed by atoms with E-state index < -0.39 is 0 Å². The van der Waals surface area contributed by atoms with Gasteiger partial charge in [-0.3, -0.25) is 0 Å². The summed E-state index contributed by atoms with van der Waals surface area (Å²) in [6.07, 6.45) is 2.36. The van der Waals surface area contributed by atoms with Crippen molar-refractivity contribution in [3.05, 3.63) is 228 Å². The van der Waals surface area contributed by atoms with Crippen LogP contribution in [0.25, 0.3) is 33.4 Å². The molecular formula is C70H66BN3. The number of aryl methyl sites for hydroxylation is 1. The van der Waals surface area contributed by atoms with Gasteiger partial charge in [-0.2, -0.15) is 0 Å². The molecule has 0 unspecified atom stereocenters. The van der Waals surface area contributed by atoms with Crippen LogP contribution in [0.1, 0.15) is 109 Å². The summed E-state index contributed by atoms with van der Waals surface area (Å²) < 4.78 is 0. The second-order valence-corrected chi connectivity index (χ2v) is 24.6. The number of benzene rings is 9. The van der Waals surface area contributed by atoms with Crippen LogP contribution in [0, 0.1) is 6.92 Å². The van der Waals surface area contributed by atoms with Gasteiger partial charge in [-0.25, -0.2) is 0 Å². The van der Waals surface area contributed by atoms with Gasteiger partial charge in [0.1, 0.15) is 0 Å². The third kappa shape index (κ3) is 7.15. The Labute approximate surface area is 440 Å². The standard InChI is InChI=1S/C70H66BN3/c1-45-40-56-55-42-54(72(52-34-28-50(29-35-52)67(2,3)4)51-30-24-48(25-31-51)46-18-13-11-14-19-46)36-37-62(55)74(53-32-26-49(27-33-53)47-20-15-12-16-21-47)71-61-23-17-22-57-66(61)73(64(41-45)65(56)71)63-44-59-58(43-60(63)70(57,9)10)68(5,6)38-39-69(59,7)8/h11-37,40-44H,38-39H2,1-10H3. The molecule has 74 heavy (non-hydrogen) atoms. The Hall–Kier alpha value is -7.56. The van der Waals surface area contributed by atoms with Crippen LogP contribution >= 0.6 is 0 Å². The summed E-state index contributed by atoms with van der Waals surface area (Å²) in [6.45, 7) is 23.9. The molecule has 0 fully saturated rings. The Morgan fingerprint density at radius 2 is 1.01 bits per heavy atom. The SMILES string of the molecule is Cc1cc2c3c(c1)N1c4cc5c(cc4C(C)(C)c4cccc(c41)B3N(c1ccc(-c3ccccc3)cc1)c1ccc(N(c3ccc(-c4ccccc4)cc3)c3ccc(C(C)(C)C)cc3)cc1-2)C(C)(C)CCC5(C)C. The maximum atomic E-state index is 2.70. The minimum atomic E-state index is -0.231. The molecule has 3 aliphatic heterocycles. The van der Waals surface area contributed by atoms with Crippen molar-refractivity contribution in [1.82, 2.24) is 0 Å². The van der Waals surface area contributed by atoms with E-state index in [2.05, 4.69) is 278 Å². The van der Waals surface area contributed by atoms with Crippen LogP contribution < -0.4 is 25.5 Å². The summed E-state index contributed by atoms with van der Waals surface area (Å²) in [4.78, 5) is 7.82. The van der Waals surface area contributed by atoms with Gasteiger partial charge in [-0.15, -0.1) is 0 Å². The number of anilines is 8. The predicted octanol–water partition coefficient (Wildman–Crippen LogP) is 17.8. The van der Waals surface area contributed by atoms with Crippen LogP contribution in [0.5, 0.6) is 0 Å². The van der Waals surface area contributed by atoms with Crippen LogP contribution in [0.2, 0.25) is 0 Å². The minimum absolute atomic E-state index is 0.0339. The Balaban J connectivity index is 1.06. The maximum Gasteiger partial charge on any atom is 0.333 e. The fourth-order valence-corrected chi connectivity index (χ4v) is 13.2. The van der Waals surface area contributed by atoms with Gasteiger partial charge < -0.3 is 14.6 Å². The number of rotatable bonds is 6. The van der Waals surface area contributed by atoms with Crippen molar-refractivity contribution in [2.45, 2.75) is 104 Å². The second kappa shape index (κ2) is 16.5. The zero-order valence-electron chi connectivity index (χ0n) is 44.8. The van der Waals surface area contributed by atoms with Crippen molar-refractivity contribution < 1.29 is 0 Å². The summed E-state index contributed by atoms with van der Waals surface area (Å²) in [7, 11) is 0. The summed E-state index contributed by atoms with van der Waals surface area (Å²) in [5.74, 6) is 0. The number of para-hydroxylation sites is 1. The molecule has 3 heterocycles. The average Bonchev–Trinajstić information content (AvgIpc) is 3.44. The molecule has 3 nitrogen and oxygen atoms in total. The molecule has 364 valence electrons.